The van der Waals surface area contributed by atoms with Crippen molar-refractivity contribution in [2.24, 2.45) is 4.99 Å². The smallest absolute Gasteiger partial charge is 0.231 e. The summed E-state index contributed by atoms with van der Waals surface area (Å²) < 4.78 is 12.8. The molecule has 0 aliphatic carbocycles. The molecular weight excluding hydrogens is 404 g/mol. The number of para-hydroxylation sites is 1. The lowest BCUT2D eigenvalue weighted by Gasteiger charge is -2.36. The third-order valence-corrected chi connectivity index (χ3v) is 5.83. The number of fused-ring (bicyclic) bond motifs is 1. The number of ether oxygens (including phenoxy) is 2. The Morgan fingerprint density at radius 3 is 2.62 bits per heavy atom. The van der Waals surface area contributed by atoms with E-state index in [9.17, 15) is 0 Å². The topological polar surface area (TPSA) is 67.2 Å². The van der Waals surface area contributed by atoms with Crippen molar-refractivity contribution in [3.05, 3.63) is 72.1 Å². The van der Waals surface area contributed by atoms with Gasteiger partial charge in [0.1, 0.15) is 0 Å². The van der Waals surface area contributed by atoms with Gasteiger partial charge in [-0.2, -0.15) is 5.10 Å². The average molecular weight is 433 g/mol. The summed E-state index contributed by atoms with van der Waals surface area (Å²) in [6.07, 6.45) is 3.95. The van der Waals surface area contributed by atoms with Gasteiger partial charge in [-0.25, -0.2) is 4.68 Å². The summed E-state index contributed by atoms with van der Waals surface area (Å²) in [5, 5.41) is 7.96. The lowest BCUT2D eigenvalue weighted by Crippen LogP contribution is -2.52. The Labute approximate surface area is 188 Å². The monoisotopic (exact) mass is 432 g/mol. The third kappa shape index (κ3) is 4.55. The Kier molecular flexibility index (Phi) is 5.93. The molecule has 5 rings (SSSR count). The van der Waals surface area contributed by atoms with Gasteiger partial charge in [0.05, 0.1) is 11.9 Å². The van der Waals surface area contributed by atoms with Crippen LogP contribution in [-0.4, -0.2) is 65.6 Å². The SMILES string of the molecule is CN=C(NCc1cnn(-c2ccccc2)c1)N1CCN(Cc2ccc3c(c2)OCO3)CC1. The highest BCUT2D eigenvalue weighted by molar-refractivity contribution is 5.80. The van der Waals surface area contributed by atoms with Gasteiger partial charge in [-0.3, -0.25) is 9.89 Å². The number of nitrogens with zero attached hydrogens (tertiary/aromatic N) is 5. The first kappa shape index (κ1) is 20.4. The minimum atomic E-state index is 0.316. The Morgan fingerprint density at radius 1 is 1.00 bits per heavy atom. The number of nitrogens with one attached hydrogen (secondary N) is 1. The summed E-state index contributed by atoms with van der Waals surface area (Å²) in [6.45, 7) is 5.77. The molecule has 2 aliphatic rings. The molecule has 0 atom stereocenters. The molecule has 3 heterocycles. The zero-order valence-corrected chi connectivity index (χ0v) is 18.3. The molecule has 2 aliphatic heterocycles. The maximum Gasteiger partial charge on any atom is 0.231 e. The van der Waals surface area contributed by atoms with Crippen LogP contribution in [0.1, 0.15) is 11.1 Å². The molecular formula is C24H28N6O2. The molecule has 1 N–H and O–H groups in total. The standard InChI is InChI=1S/C24H28N6O2/c1-25-24(26-14-20-15-27-30(17-20)21-5-3-2-4-6-21)29-11-9-28(10-12-29)16-19-7-8-22-23(13-19)32-18-31-22/h2-8,13,15,17H,9-12,14,16,18H2,1H3,(H,25,26). The summed E-state index contributed by atoms with van der Waals surface area (Å²) in [5.74, 6) is 2.62. The largest absolute Gasteiger partial charge is 0.454 e. The molecule has 1 fully saturated rings. The minimum Gasteiger partial charge on any atom is -0.454 e. The van der Waals surface area contributed by atoms with Gasteiger partial charge in [-0.05, 0) is 29.8 Å². The molecule has 8 heteroatoms. The van der Waals surface area contributed by atoms with Crippen LogP contribution in [0.25, 0.3) is 5.69 Å². The molecule has 166 valence electrons. The highest BCUT2D eigenvalue weighted by Gasteiger charge is 2.21. The van der Waals surface area contributed by atoms with E-state index in [1.54, 1.807) is 0 Å². The summed E-state index contributed by atoms with van der Waals surface area (Å²) in [5.41, 5.74) is 3.43. The summed E-state index contributed by atoms with van der Waals surface area (Å²) in [6, 6.07) is 16.3. The van der Waals surface area contributed by atoms with Gasteiger partial charge in [-0.1, -0.05) is 24.3 Å². The van der Waals surface area contributed by atoms with Crippen LogP contribution >= 0.6 is 0 Å². The molecule has 0 bridgehead atoms. The molecule has 0 saturated carbocycles. The van der Waals surface area contributed by atoms with Crippen molar-refractivity contribution in [2.75, 3.05) is 40.0 Å². The summed E-state index contributed by atoms with van der Waals surface area (Å²) >= 11 is 0. The average Bonchev–Trinajstić information content (AvgIpc) is 3.50. The van der Waals surface area contributed by atoms with Gasteiger partial charge in [0.2, 0.25) is 6.79 Å². The Morgan fingerprint density at radius 2 is 1.81 bits per heavy atom. The van der Waals surface area contributed by atoms with Gasteiger partial charge in [0, 0.05) is 58.1 Å². The quantitative estimate of drug-likeness (QED) is 0.494. The van der Waals surface area contributed by atoms with Crippen molar-refractivity contribution in [2.45, 2.75) is 13.1 Å². The molecule has 3 aromatic rings. The molecule has 1 aromatic heterocycles. The zero-order valence-electron chi connectivity index (χ0n) is 18.3. The van der Waals surface area contributed by atoms with Crippen molar-refractivity contribution < 1.29 is 9.47 Å². The van der Waals surface area contributed by atoms with Gasteiger partial charge in [-0.15, -0.1) is 0 Å². The first-order valence-electron chi connectivity index (χ1n) is 10.9. The lowest BCUT2D eigenvalue weighted by atomic mass is 10.1. The summed E-state index contributed by atoms with van der Waals surface area (Å²) in [4.78, 5) is 9.28. The molecule has 0 unspecified atom stereocenters. The molecule has 0 spiro atoms. The van der Waals surface area contributed by atoms with Crippen molar-refractivity contribution in [1.82, 2.24) is 24.9 Å². The predicted octanol–water partition coefficient (Wildman–Crippen LogP) is 2.49. The molecule has 0 radical (unpaired) electrons. The predicted molar refractivity (Wildman–Crippen MR) is 123 cm³/mol. The van der Waals surface area contributed by atoms with Crippen molar-refractivity contribution in [1.29, 1.82) is 0 Å². The van der Waals surface area contributed by atoms with E-state index >= 15 is 0 Å². The fraction of sp³-hybridized carbons (Fsp3) is 0.333. The van der Waals surface area contributed by atoms with E-state index < -0.39 is 0 Å². The summed E-state index contributed by atoms with van der Waals surface area (Å²) in [7, 11) is 1.84. The van der Waals surface area contributed by atoms with Crippen molar-refractivity contribution in [3.8, 4) is 17.2 Å². The Bertz CT molecular complexity index is 1070. The van der Waals surface area contributed by atoms with Crippen LogP contribution in [0.15, 0.2) is 65.9 Å². The van der Waals surface area contributed by atoms with Crippen LogP contribution in [0.4, 0.5) is 0 Å². The number of aliphatic imine (C=N–C) groups is 1. The first-order chi connectivity index (χ1) is 15.8. The highest BCUT2D eigenvalue weighted by atomic mass is 16.7. The number of benzene rings is 2. The number of hydrogen-bond donors (Lipinski definition) is 1. The molecule has 0 amide bonds. The van der Waals surface area contributed by atoms with Crippen LogP contribution in [-0.2, 0) is 13.1 Å². The minimum absolute atomic E-state index is 0.316. The van der Waals surface area contributed by atoms with E-state index in [4.69, 9.17) is 9.47 Å². The van der Waals surface area contributed by atoms with E-state index in [-0.39, 0.29) is 0 Å². The van der Waals surface area contributed by atoms with Crippen LogP contribution in [0.5, 0.6) is 11.5 Å². The first-order valence-corrected chi connectivity index (χ1v) is 10.9. The Hall–Kier alpha value is -3.52. The second-order valence-corrected chi connectivity index (χ2v) is 7.98. The maximum absolute atomic E-state index is 5.50. The van der Waals surface area contributed by atoms with Crippen LogP contribution in [0, 0.1) is 0 Å². The fourth-order valence-electron chi connectivity index (χ4n) is 4.10. The maximum atomic E-state index is 5.50. The number of guanidine groups is 1. The highest BCUT2D eigenvalue weighted by Crippen LogP contribution is 2.32. The Balaban J connectivity index is 1.12. The van der Waals surface area contributed by atoms with Crippen molar-refractivity contribution >= 4 is 5.96 Å². The van der Waals surface area contributed by atoms with Gasteiger partial charge in [0.15, 0.2) is 17.5 Å². The van der Waals surface area contributed by atoms with Crippen molar-refractivity contribution in [3.63, 3.8) is 0 Å². The van der Waals surface area contributed by atoms with E-state index in [1.807, 2.05) is 54.3 Å². The number of aromatic nitrogens is 2. The molecule has 32 heavy (non-hydrogen) atoms. The number of hydrogen-bond acceptors (Lipinski definition) is 5. The molecule has 1 saturated heterocycles. The van der Waals surface area contributed by atoms with Gasteiger partial charge < -0.3 is 19.7 Å². The normalized spacial score (nSPS) is 16.4. The zero-order chi connectivity index (χ0) is 21.8. The molecule has 8 nitrogen and oxygen atoms in total. The number of piperazine rings is 1. The van der Waals surface area contributed by atoms with Crippen LogP contribution in [0.3, 0.4) is 0 Å². The second-order valence-electron chi connectivity index (χ2n) is 7.98. The second kappa shape index (κ2) is 9.32. The van der Waals surface area contributed by atoms with E-state index in [0.29, 0.717) is 13.3 Å². The van der Waals surface area contributed by atoms with Crippen LogP contribution < -0.4 is 14.8 Å². The van der Waals surface area contributed by atoms with E-state index in [2.05, 4.69) is 43.5 Å². The lowest BCUT2D eigenvalue weighted by molar-refractivity contribution is 0.171. The van der Waals surface area contributed by atoms with E-state index in [1.165, 1.54) is 5.56 Å². The molecule has 2 aromatic carbocycles. The number of rotatable bonds is 5. The third-order valence-electron chi connectivity index (χ3n) is 5.83. The van der Waals surface area contributed by atoms with Crippen LogP contribution in [0.2, 0.25) is 0 Å². The fourth-order valence-corrected chi connectivity index (χ4v) is 4.10. The van der Waals surface area contributed by atoms with Gasteiger partial charge in [0.25, 0.3) is 0 Å². The van der Waals surface area contributed by atoms with E-state index in [0.717, 1.165) is 61.4 Å². The van der Waals surface area contributed by atoms with Gasteiger partial charge >= 0.3 is 0 Å².